The SMILES string of the molecule is O=C(CNC1CCCCCCC1)NC1CCN(Cc2ccccc2)CC1. The Hall–Kier alpha value is -1.39. The molecule has 2 fully saturated rings. The van der Waals surface area contributed by atoms with E-state index in [0.29, 0.717) is 18.6 Å². The van der Waals surface area contributed by atoms with Crippen LogP contribution in [-0.4, -0.2) is 42.5 Å². The number of rotatable bonds is 6. The van der Waals surface area contributed by atoms with Gasteiger partial charge in [0.2, 0.25) is 5.91 Å². The Morgan fingerprint density at radius 2 is 1.54 bits per heavy atom. The molecule has 0 unspecified atom stereocenters. The highest BCUT2D eigenvalue weighted by molar-refractivity contribution is 5.78. The van der Waals surface area contributed by atoms with Crippen LogP contribution in [-0.2, 0) is 11.3 Å². The average Bonchev–Trinajstić information content (AvgIpc) is 2.63. The lowest BCUT2D eigenvalue weighted by molar-refractivity contribution is -0.121. The van der Waals surface area contributed by atoms with Crippen molar-refractivity contribution in [3.05, 3.63) is 35.9 Å². The Kier molecular flexibility index (Phi) is 7.96. The summed E-state index contributed by atoms with van der Waals surface area (Å²) in [6.45, 7) is 3.63. The maximum atomic E-state index is 12.3. The van der Waals surface area contributed by atoms with Crippen LogP contribution in [0, 0.1) is 0 Å². The minimum Gasteiger partial charge on any atom is -0.352 e. The maximum absolute atomic E-state index is 12.3. The Morgan fingerprint density at radius 1 is 0.885 bits per heavy atom. The van der Waals surface area contributed by atoms with Crippen LogP contribution in [0.5, 0.6) is 0 Å². The summed E-state index contributed by atoms with van der Waals surface area (Å²) in [4.78, 5) is 14.8. The number of nitrogens with one attached hydrogen (secondary N) is 2. The first-order valence-electron chi connectivity index (χ1n) is 10.6. The Labute approximate surface area is 158 Å². The minimum atomic E-state index is 0.175. The molecule has 1 aromatic rings. The average molecular weight is 358 g/mol. The van der Waals surface area contributed by atoms with Gasteiger partial charge < -0.3 is 10.6 Å². The van der Waals surface area contributed by atoms with Crippen LogP contribution in [0.1, 0.15) is 63.4 Å². The van der Waals surface area contributed by atoms with Crippen LogP contribution >= 0.6 is 0 Å². The second-order valence-corrected chi connectivity index (χ2v) is 8.03. The van der Waals surface area contributed by atoms with E-state index in [-0.39, 0.29) is 5.91 Å². The first kappa shape index (κ1) is 19.4. The zero-order valence-corrected chi connectivity index (χ0v) is 16.1. The van der Waals surface area contributed by atoms with Gasteiger partial charge in [-0.3, -0.25) is 9.69 Å². The second kappa shape index (κ2) is 10.7. The lowest BCUT2D eigenvalue weighted by atomic mass is 9.97. The van der Waals surface area contributed by atoms with Gasteiger partial charge in [-0.15, -0.1) is 0 Å². The van der Waals surface area contributed by atoms with Crippen molar-refractivity contribution in [1.29, 1.82) is 0 Å². The highest BCUT2D eigenvalue weighted by Crippen LogP contribution is 2.17. The second-order valence-electron chi connectivity index (χ2n) is 8.03. The number of carbonyl (C=O) groups is 1. The summed E-state index contributed by atoms with van der Waals surface area (Å²) in [7, 11) is 0. The molecule has 4 heteroatoms. The van der Waals surface area contributed by atoms with Gasteiger partial charge in [0.25, 0.3) is 0 Å². The largest absolute Gasteiger partial charge is 0.352 e. The molecule has 0 spiro atoms. The molecule has 0 atom stereocenters. The number of amides is 1. The molecule has 2 N–H and O–H groups in total. The van der Waals surface area contributed by atoms with E-state index in [0.717, 1.165) is 32.5 Å². The van der Waals surface area contributed by atoms with Gasteiger partial charge in [-0.2, -0.15) is 0 Å². The zero-order valence-electron chi connectivity index (χ0n) is 16.1. The van der Waals surface area contributed by atoms with Crippen LogP contribution in [0.15, 0.2) is 30.3 Å². The number of hydrogen-bond donors (Lipinski definition) is 2. The standard InChI is InChI=1S/C22H35N3O/c26-22(17-23-20-11-7-2-1-3-8-12-20)24-21-13-15-25(16-14-21)18-19-9-5-4-6-10-19/h4-6,9-10,20-21,23H,1-3,7-8,11-18H2,(H,24,26). The van der Waals surface area contributed by atoms with Crippen LogP contribution in [0.4, 0.5) is 0 Å². The Bertz CT molecular complexity index is 517. The van der Waals surface area contributed by atoms with Gasteiger partial charge in [0.15, 0.2) is 0 Å². The molecule has 1 saturated carbocycles. The van der Waals surface area contributed by atoms with Crippen molar-refractivity contribution in [2.75, 3.05) is 19.6 Å². The number of piperidine rings is 1. The first-order valence-corrected chi connectivity index (χ1v) is 10.6. The van der Waals surface area contributed by atoms with E-state index in [9.17, 15) is 4.79 Å². The molecule has 144 valence electrons. The van der Waals surface area contributed by atoms with E-state index < -0.39 is 0 Å². The smallest absolute Gasteiger partial charge is 0.234 e. The molecule has 1 aliphatic heterocycles. The van der Waals surface area contributed by atoms with Crippen LogP contribution in [0.25, 0.3) is 0 Å². The molecular weight excluding hydrogens is 322 g/mol. The quantitative estimate of drug-likeness (QED) is 0.819. The Morgan fingerprint density at radius 3 is 2.23 bits per heavy atom. The van der Waals surface area contributed by atoms with E-state index in [1.54, 1.807) is 0 Å². The van der Waals surface area contributed by atoms with Crippen LogP contribution < -0.4 is 10.6 Å². The third kappa shape index (κ3) is 6.73. The first-order chi connectivity index (χ1) is 12.8. The molecule has 2 aliphatic rings. The zero-order chi connectivity index (χ0) is 18.0. The molecule has 1 aromatic carbocycles. The molecule has 3 rings (SSSR count). The van der Waals surface area contributed by atoms with Crippen molar-refractivity contribution < 1.29 is 4.79 Å². The van der Waals surface area contributed by atoms with E-state index in [1.165, 1.54) is 50.5 Å². The lowest BCUT2D eigenvalue weighted by Gasteiger charge is -2.32. The van der Waals surface area contributed by atoms with E-state index in [2.05, 4.69) is 45.9 Å². The molecular formula is C22H35N3O. The lowest BCUT2D eigenvalue weighted by Crippen LogP contribution is -2.47. The van der Waals surface area contributed by atoms with E-state index in [4.69, 9.17) is 0 Å². The van der Waals surface area contributed by atoms with E-state index in [1.807, 2.05) is 0 Å². The van der Waals surface area contributed by atoms with Gasteiger partial charge in [0.05, 0.1) is 6.54 Å². The maximum Gasteiger partial charge on any atom is 0.234 e. The molecule has 1 heterocycles. The molecule has 0 bridgehead atoms. The molecule has 4 nitrogen and oxygen atoms in total. The van der Waals surface area contributed by atoms with Gasteiger partial charge in [0, 0.05) is 31.7 Å². The topological polar surface area (TPSA) is 44.4 Å². The summed E-state index contributed by atoms with van der Waals surface area (Å²) in [6, 6.07) is 11.5. The number of carbonyl (C=O) groups excluding carboxylic acids is 1. The van der Waals surface area contributed by atoms with Gasteiger partial charge >= 0.3 is 0 Å². The van der Waals surface area contributed by atoms with Gasteiger partial charge in [-0.1, -0.05) is 62.4 Å². The summed E-state index contributed by atoms with van der Waals surface area (Å²) in [6.07, 6.45) is 11.3. The number of benzene rings is 1. The third-order valence-electron chi connectivity index (χ3n) is 5.86. The number of nitrogens with zero attached hydrogens (tertiary/aromatic N) is 1. The molecule has 0 radical (unpaired) electrons. The summed E-state index contributed by atoms with van der Waals surface area (Å²) in [5.41, 5.74) is 1.37. The van der Waals surface area contributed by atoms with E-state index >= 15 is 0 Å². The minimum absolute atomic E-state index is 0.175. The fourth-order valence-electron chi connectivity index (χ4n) is 4.25. The monoisotopic (exact) mass is 357 g/mol. The van der Waals surface area contributed by atoms with Gasteiger partial charge in [-0.25, -0.2) is 0 Å². The summed E-state index contributed by atoms with van der Waals surface area (Å²) in [5.74, 6) is 0.175. The predicted molar refractivity (Wildman–Crippen MR) is 107 cm³/mol. The molecule has 1 aliphatic carbocycles. The van der Waals surface area contributed by atoms with Crippen molar-refractivity contribution in [2.45, 2.75) is 76.4 Å². The normalized spacial score (nSPS) is 21.1. The van der Waals surface area contributed by atoms with Crippen LogP contribution in [0.2, 0.25) is 0 Å². The fourth-order valence-corrected chi connectivity index (χ4v) is 4.25. The van der Waals surface area contributed by atoms with Gasteiger partial charge in [0.1, 0.15) is 0 Å². The molecule has 1 saturated heterocycles. The summed E-state index contributed by atoms with van der Waals surface area (Å²) >= 11 is 0. The van der Waals surface area contributed by atoms with Crippen molar-refractivity contribution in [2.24, 2.45) is 0 Å². The third-order valence-corrected chi connectivity index (χ3v) is 5.86. The fraction of sp³-hybridized carbons (Fsp3) is 0.682. The van der Waals surface area contributed by atoms with Crippen molar-refractivity contribution in [3.63, 3.8) is 0 Å². The van der Waals surface area contributed by atoms with Gasteiger partial charge in [-0.05, 0) is 31.2 Å². The highest BCUT2D eigenvalue weighted by Gasteiger charge is 2.21. The van der Waals surface area contributed by atoms with Crippen molar-refractivity contribution in [3.8, 4) is 0 Å². The summed E-state index contributed by atoms with van der Waals surface area (Å²) in [5, 5.41) is 6.74. The number of likely N-dealkylation sites (tertiary alicyclic amines) is 1. The number of hydrogen-bond acceptors (Lipinski definition) is 3. The highest BCUT2D eigenvalue weighted by atomic mass is 16.2. The molecule has 1 amide bonds. The molecule has 26 heavy (non-hydrogen) atoms. The summed E-state index contributed by atoms with van der Waals surface area (Å²) < 4.78 is 0. The van der Waals surface area contributed by atoms with Crippen LogP contribution in [0.3, 0.4) is 0 Å². The Balaban J connectivity index is 1.31. The van der Waals surface area contributed by atoms with Crippen molar-refractivity contribution in [1.82, 2.24) is 15.5 Å². The predicted octanol–water partition coefficient (Wildman–Crippen LogP) is 3.47. The molecule has 0 aromatic heterocycles. The van der Waals surface area contributed by atoms with Crippen molar-refractivity contribution >= 4 is 5.91 Å².